The van der Waals surface area contributed by atoms with Crippen molar-refractivity contribution in [1.82, 2.24) is 0 Å². The third-order valence-electron chi connectivity index (χ3n) is 2.74. The summed E-state index contributed by atoms with van der Waals surface area (Å²) in [5.41, 5.74) is 3.95. The van der Waals surface area contributed by atoms with Gasteiger partial charge in [0.1, 0.15) is 11.8 Å². The summed E-state index contributed by atoms with van der Waals surface area (Å²) in [5.74, 6) is -0.801. The molecule has 0 aliphatic heterocycles. The van der Waals surface area contributed by atoms with Crippen LogP contribution >= 0.6 is 23.2 Å². The van der Waals surface area contributed by atoms with Crippen molar-refractivity contribution in [1.29, 1.82) is 0 Å². The van der Waals surface area contributed by atoms with Crippen molar-refractivity contribution >= 4 is 46.4 Å². The van der Waals surface area contributed by atoms with Crippen LogP contribution in [0.5, 0.6) is 0 Å². The first kappa shape index (κ1) is 15.8. The summed E-state index contributed by atoms with van der Waals surface area (Å²) in [6, 6.07) is 1.89. The number of aryl methyl sites for hydroxylation is 2. The lowest BCUT2D eigenvalue weighted by atomic mass is 10.0. The molecule has 0 aromatic heterocycles. The molecule has 19 heavy (non-hydrogen) atoms. The van der Waals surface area contributed by atoms with Gasteiger partial charge in [-0.1, -0.05) is 6.07 Å². The van der Waals surface area contributed by atoms with Gasteiger partial charge in [-0.25, -0.2) is 0 Å². The van der Waals surface area contributed by atoms with E-state index < -0.39 is 0 Å². The third kappa shape index (κ3) is 3.85. The lowest BCUT2D eigenvalue weighted by molar-refractivity contribution is -0.114. The molecule has 0 saturated carbocycles. The Balaban J connectivity index is 3.22. The van der Waals surface area contributed by atoms with Gasteiger partial charge in [-0.2, -0.15) is 0 Å². The molecular weight excluding hydrogens is 287 g/mol. The Bertz CT molecular complexity index is 474. The maximum Gasteiger partial charge on any atom is 0.239 e. The molecule has 0 aliphatic rings. The fourth-order valence-corrected chi connectivity index (χ4v) is 2.05. The van der Waals surface area contributed by atoms with E-state index in [0.29, 0.717) is 11.4 Å². The maximum atomic E-state index is 11.4. The van der Waals surface area contributed by atoms with Gasteiger partial charge in [0, 0.05) is 11.4 Å². The van der Waals surface area contributed by atoms with Crippen molar-refractivity contribution in [3.05, 3.63) is 22.8 Å². The second-order valence-corrected chi connectivity index (χ2v) is 4.78. The molecule has 2 amide bonds. The van der Waals surface area contributed by atoms with E-state index in [1.54, 1.807) is 0 Å². The molecule has 0 heterocycles. The molecule has 0 aliphatic carbocycles. The van der Waals surface area contributed by atoms with Crippen molar-refractivity contribution in [2.24, 2.45) is 0 Å². The van der Waals surface area contributed by atoms with Crippen LogP contribution in [0, 0.1) is 20.8 Å². The monoisotopic (exact) mass is 302 g/mol. The summed E-state index contributed by atoms with van der Waals surface area (Å²) in [6.07, 6.45) is 0. The van der Waals surface area contributed by atoms with E-state index in [2.05, 4.69) is 10.6 Å². The first-order valence-electron chi connectivity index (χ1n) is 5.73. The number of carbonyl (C=O) groups excluding carboxylic acids is 2. The van der Waals surface area contributed by atoms with Crippen LogP contribution in [0.1, 0.15) is 16.7 Å². The van der Waals surface area contributed by atoms with Gasteiger partial charge in [-0.05, 0) is 37.5 Å². The number of rotatable bonds is 4. The molecular formula is C13H16Cl2N2O2. The highest BCUT2D eigenvalue weighted by Gasteiger charge is 2.14. The molecule has 1 aromatic rings. The average molecular weight is 303 g/mol. The predicted molar refractivity (Wildman–Crippen MR) is 79.4 cm³/mol. The summed E-state index contributed by atoms with van der Waals surface area (Å²) >= 11 is 11.0. The van der Waals surface area contributed by atoms with E-state index in [4.69, 9.17) is 23.2 Å². The Labute approximate surface area is 122 Å². The summed E-state index contributed by atoms with van der Waals surface area (Å²) in [6.45, 7) is 5.60. The zero-order valence-corrected chi connectivity index (χ0v) is 12.6. The van der Waals surface area contributed by atoms with E-state index >= 15 is 0 Å². The first-order valence-corrected chi connectivity index (χ1v) is 6.80. The molecule has 0 fully saturated rings. The summed E-state index contributed by atoms with van der Waals surface area (Å²) in [4.78, 5) is 22.8. The number of halogens is 2. The maximum absolute atomic E-state index is 11.4. The van der Waals surface area contributed by atoms with Crippen molar-refractivity contribution in [2.45, 2.75) is 20.8 Å². The number of alkyl halides is 2. The Hall–Kier alpha value is -1.26. The second-order valence-electron chi connectivity index (χ2n) is 4.25. The van der Waals surface area contributed by atoms with Crippen LogP contribution in [0.25, 0.3) is 0 Å². The van der Waals surface area contributed by atoms with Crippen LogP contribution in [0.4, 0.5) is 11.4 Å². The fraction of sp³-hybridized carbons (Fsp3) is 0.385. The fourth-order valence-electron chi connectivity index (χ4n) is 1.92. The third-order valence-corrected chi connectivity index (χ3v) is 3.23. The average Bonchev–Trinajstić information content (AvgIpc) is 2.38. The minimum absolute atomic E-state index is 0.115. The zero-order chi connectivity index (χ0) is 14.6. The Morgan fingerprint density at radius 2 is 1.32 bits per heavy atom. The predicted octanol–water partition coefficient (Wildman–Crippen LogP) is 2.97. The highest BCUT2D eigenvalue weighted by Crippen LogP contribution is 2.31. The van der Waals surface area contributed by atoms with Gasteiger partial charge in [0.2, 0.25) is 11.8 Å². The van der Waals surface area contributed by atoms with Crippen molar-refractivity contribution in [3.8, 4) is 0 Å². The minimum Gasteiger partial charge on any atom is -0.324 e. The van der Waals surface area contributed by atoms with Crippen LogP contribution in [-0.2, 0) is 9.59 Å². The molecule has 4 nitrogen and oxygen atoms in total. The van der Waals surface area contributed by atoms with Crippen molar-refractivity contribution in [3.63, 3.8) is 0 Å². The zero-order valence-electron chi connectivity index (χ0n) is 11.1. The Kier molecular flexibility index (Phi) is 5.63. The number of carbonyl (C=O) groups is 2. The SMILES string of the molecule is Cc1cc(C)c(NC(=O)CCl)c(C)c1NC(=O)CCl. The first-order chi connectivity index (χ1) is 8.90. The number of anilines is 2. The van der Waals surface area contributed by atoms with E-state index in [1.807, 2.05) is 26.8 Å². The van der Waals surface area contributed by atoms with Gasteiger partial charge in [-0.15, -0.1) is 23.2 Å². The number of hydrogen-bond acceptors (Lipinski definition) is 2. The highest BCUT2D eigenvalue weighted by molar-refractivity contribution is 6.29. The van der Waals surface area contributed by atoms with E-state index in [0.717, 1.165) is 16.7 Å². The molecule has 104 valence electrons. The lowest BCUT2D eigenvalue weighted by Gasteiger charge is -2.18. The second kappa shape index (κ2) is 6.78. The molecule has 0 spiro atoms. The minimum atomic E-state index is -0.286. The molecule has 6 heteroatoms. The van der Waals surface area contributed by atoms with Gasteiger partial charge in [0.05, 0.1) is 0 Å². The molecule has 1 aromatic carbocycles. The van der Waals surface area contributed by atoms with Gasteiger partial charge < -0.3 is 10.6 Å². The smallest absolute Gasteiger partial charge is 0.239 e. The van der Waals surface area contributed by atoms with Crippen molar-refractivity contribution < 1.29 is 9.59 Å². The molecule has 0 atom stereocenters. The van der Waals surface area contributed by atoms with Crippen LogP contribution in [0.3, 0.4) is 0 Å². The standard InChI is InChI=1S/C13H16Cl2N2O2/c1-7-4-8(2)13(17-11(19)6-15)9(3)12(7)16-10(18)5-14/h4H,5-6H2,1-3H3,(H,16,18)(H,17,19). The van der Waals surface area contributed by atoms with Gasteiger partial charge in [-0.3, -0.25) is 9.59 Å². The summed E-state index contributed by atoms with van der Waals surface area (Å²) in [5, 5.41) is 5.46. The quantitative estimate of drug-likeness (QED) is 0.840. The van der Waals surface area contributed by atoms with E-state index in [9.17, 15) is 9.59 Å². The molecule has 0 unspecified atom stereocenters. The molecule has 0 radical (unpaired) electrons. The van der Waals surface area contributed by atoms with Gasteiger partial charge in [0.25, 0.3) is 0 Å². The van der Waals surface area contributed by atoms with Crippen LogP contribution in [-0.4, -0.2) is 23.6 Å². The molecule has 0 saturated heterocycles. The van der Waals surface area contributed by atoms with Gasteiger partial charge >= 0.3 is 0 Å². The summed E-state index contributed by atoms with van der Waals surface area (Å²) < 4.78 is 0. The Morgan fingerprint density at radius 3 is 1.63 bits per heavy atom. The number of nitrogens with one attached hydrogen (secondary N) is 2. The van der Waals surface area contributed by atoms with Crippen LogP contribution in [0.15, 0.2) is 6.07 Å². The normalized spacial score (nSPS) is 10.2. The van der Waals surface area contributed by atoms with E-state index in [1.165, 1.54) is 0 Å². The van der Waals surface area contributed by atoms with Crippen LogP contribution < -0.4 is 10.6 Å². The number of hydrogen-bond donors (Lipinski definition) is 2. The number of amides is 2. The molecule has 0 bridgehead atoms. The lowest BCUT2D eigenvalue weighted by Crippen LogP contribution is -2.18. The summed E-state index contributed by atoms with van der Waals surface area (Å²) in [7, 11) is 0. The van der Waals surface area contributed by atoms with Crippen molar-refractivity contribution in [2.75, 3.05) is 22.4 Å². The van der Waals surface area contributed by atoms with Gasteiger partial charge in [0.15, 0.2) is 0 Å². The molecule has 1 rings (SSSR count). The topological polar surface area (TPSA) is 58.2 Å². The highest BCUT2D eigenvalue weighted by atomic mass is 35.5. The Morgan fingerprint density at radius 1 is 0.947 bits per heavy atom. The largest absolute Gasteiger partial charge is 0.324 e. The van der Waals surface area contributed by atoms with Crippen LogP contribution in [0.2, 0.25) is 0 Å². The molecule has 2 N–H and O–H groups in total. The van der Waals surface area contributed by atoms with E-state index in [-0.39, 0.29) is 23.6 Å². The number of benzene rings is 1.